The SMILES string of the molecule is C[C@H]1CCc2nc(Cl)c(C#N)c(-c3cccc(F)c3)c2C1. The summed E-state index contributed by atoms with van der Waals surface area (Å²) in [6, 6.07) is 8.44. The van der Waals surface area contributed by atoms with E-state index in [0.717, 1.165) is 36.1 Å². The average Bonchev–Trinajstić information content (AvgIpc) is 2.46. The van der Waals surface area contributed by atoms with Crippen LogP contribution in [0, 0.1) is 23.1 Å². The highest BCUT2D eigenvalue weighted by Gasteiger charge is 2.25. The minimum Gasteiger partial charge on any atom is -0.239 e. The number of hydrogen-bond acceptors (Lipinski definition) is 2. The molecule has 21 heavy (non-hydrogen) atoms. The number of fused-ring (bicyclic) bond motifs is 1. The summed E-state index contributed by atoms with van der Waals surface area (Å²) < 4.78 is 13.6. The number of rotatable bonds is 1. The fraction of sp³-hybridized carbons (Fsp3) is 0.294. The van der Waals surface area contributed by atoms with E-state index in [1.165, 1.54) is 12.1 Å². The Morgan fingerprint density at radius 3 is 2.95 bits per heavy atom. The maximum absolute atomic E-state index is 13.6. The largest absolute Gasteiger partial charge is 0.239 e. The van der Waals surface area contributed by atoms with Crippen molar-refractivity contribution < 1.29 is 4.39 Å². The third-order valence-corrected chi connectivity index (χ3v) is 4.26. The molecule has 0 spiro atoms. The van der Waals surface area contributed by atoms with Crippen molar-refractivity contribution in [3.63, 3.8) is 0 Å². The molecule has 106 valence electrons. The number of hydrogen-bond donors (Lipinski definition) is 0. The molecule has 0 saturated carbocycles. The van der Waals surface area contributed by atoms with Crippen molar-refractivity contribution in [3.05, 3.63) is 52.1 Å². The molecule has 4 heteroatoms. The van der Waals surface area contributed by atoms with E-state index < -0.39 is 0 Å². The van der Waals surface area contributed by atoms with Crippen LogP contribution in [-0.2, 0) is 12.8 Å². The van der Waals surface area contributed by atoms with E-state index in [1.54, 1.807) is 6.07 Å². The number of benzene rings is 1. The van der Waals surface area contributed by atoms with Crippen molar-refractivity contribution in [2.24, 2.45) is 5.92 Å². The Morgan fingerprint density at radius 1 is 1.43 bits per heavy atom. The quantitative estimate of drug-likeness (QED) is 0.725. The van der Waals surface area contributed by atoms with E-state index in [9.17, 15) is 9.65 Å². The number of halogens is 2. The number of aromatic nitrogens is 1. The van der Waals surface area contributed by atoms with Crippen LogP contribution in [0.15, 0.2) is 24.3 Å². The van der Waals surface area contributed by atoms with Gasteiger partial charge in [-0.25, -0.2) is 9.37 Å². The number of pyridine rings is 1. The molecular weight excluding hydrogens is 287 g/mol. The minimum atomic E-state index is -0.318. The summed E-state index contributed by atoms with van der Waals surface area (Å²) in [4.78, 5) is 4.38. The highest BCUT2D eigenvalue weighted by Crippen LogP contribution is 2.37. The van der Waals surface area contributed by atoms with Gasteiger partial charge in [-0.1, -0.05) is 30.7 Å². The first-order valence-corrected chi connectivity index (χ1v) is 7.35. The summed E-state index contributed by atoms with van der Waals surface area (Å²) in [7, 11) is 0. The van der Waals surface area contributed by atoms with Gasteiger partial charge in [-0.2, -0.15) is 5.26 Å². The van der Waals surface area contributed by atoms with Gasteiger partial charge in [0, 0.05) is 11.3 Å². The van der Waals surface area contributed by atoms with E-state index in [1.807, 2.05) is 6.07 Å². The highest BCUT2D eigenvalue weighted by molar-refractivity contribution is 6.31. The Morgan fingerprint density at radius 2 is 2.24 bits per heavy atom. The van der Waals surface area contributed by atoms with E-state index in [0.29, 0.717) is 17.0 Å². The van der Waals surface area contributed by atoms with Crippen LogP contribution >= 0.6 is 11.6 Å². The molecule has 1 aliphatic rings. The molecular formula is C17H14ClFN2. The zero-order chi connectivity index (χ0) is 15.0. The first-order valence-electron chi connectivity index (χ1n) is 6.97. The van der Waals surface area contributed by atoms with Gasteiger partial charge in [0.05, 0.1) is 5.56 Å². The molecule has 1 atom stereocenters. The first kappa shape index (κ1) is 14.0. The van der Waals surface area contributed by atoms with Crippen LogP contribution in [0.2, 0.25) is 5.15 Å². The van der Waals surface area contributed by atoms with Crippen LogP contribution in [0.5, 0.6) is 0 Å². The van der Waals surface area contributed by atoms with Crippen LogP contribution in [0.4, 0.5) is 4.39 Å². The maximum atomic E-state index is 13.6. The summed E-state index contributed by atoms with van der Waals surface area (Å²) in [5.41, 5.74) is 3.77. The summed E-state index contributed by atoms with van der Waals surface area (Å²) >= 11 is 6.17. The predicted molar refractivity (Wildman–Crippen MR) is 80.5 cm³/mol. The lowest BCUT2D eigenvalue weighted by molar-refractivity contribution is 0.494. The standard InChI is InChI=1S/C17H14ClFN2/c1-10-5-6-15-13(7-10)16(14(9-20)17(18)21-15)11-3-2-4-12(19)8-11/h2-4,8,10H,5-7H2,1H3/t10-/m0/s1. The summed E-state index contributed by atoms with van der Waals surface area (Å²) in [5, 5.41) is 9.64. The lowest BCUT2D eigenvalue weighted by Crippen LogP contribution is -2.15. The monoisotopic (exact) mass is 300 g/mol. The molecule has 0 amide bonds. The first-order chi connectivity index (χ1) is 10.1. The van der Waals surface area contributed by atoms with Crippen molar-refractivity contribution >= 4 is 11.6 Å². The van der Waals surface area contributed by atoms with Crippen molar-refractivity contribution in [2.75, 3.05) is 0 Å². The molecule has 1 aliphatic carbocycles. The zero-order valence-corrected chi connectivity index (χ0v) is 12.4. The fourth-order valence-electron chi connectivity index (χ4n) is 2.97. The fourth-order valence-corrected chi connectivity index (χ4v) is 3.20. The molecule has 0 saturated heterocycles. The second-order valence-electron chi connectivity index (χ2n) is 5.55. The number of nitrogens with zero attached hydrogens (tertiary/aromatic N) is 2. The molecule has 3 rings (SSSR count). The lowest BCUT2D eigenvalue weighted by Gasteiger charge is -2.24. The Labute approximate surface area is 128 Å². The number of nitriles is 1. The van der Waals surface area contributed by atoms with Crippen molar-refractivity contribution in [3.8, 4) is 17.2 Å². The van der Waals surface area contributed by atoms with Crippen LogP contribution < -0.4 is 0 Å². The maximum Gasteiger partial charge on any atom is 0.147 e. The normalized spacial score (nSPS) is 17.1. The molecule has 0 radical (unpaired) electrons. The Hall–Kier alpha value is -1.92. The van der Waals surface area contributed by atoms with Crippen molar-refractivity contribution in [2.45, 2.75) is 26.2 Å². The zero-order valence-electron chi connectivity index (χ0n) is 11.7. The van der Waals surface area contributed by atoms with E-state index >= 15 is 0 Å². The minimum absolute atomic E-state index is 0.213. The Balaban J connectivity index is 2.31. The lowest BCUT2D eigenvalue weighted by atomic mass is 9.82. The van der Waals surface area contributed by atoms with Crippen LogP contribution in [0.3, 0.4) is 0 Å². The summed E-state index contributed by atoms with van der Waals surface area (Å²) in [5.74, 6) is 0.209. The third-order valence-electron chi connectivity index (χ3n) is 3.99. The van der Waals surface area contributed by atoms with Gasteiger partial charge in [-0.05, 0) is 48.4 Å². The molecule has 1 aromatic heterocycles. The van der Waals surface area contributed by atoms with Crippen LogP contribution in [0.25, 0.3) is 11.1 Å². The second kappa shape index (κ2) is 5.46. The molecule has 2 aromatic rings. The summed E-state index contributed by atoms with van der Waals surface area (Å²) in [6.07, 6.45) is 2.76. The van der Waals surface area contributed by atoms with Crippen LogP contribution in [0.1, 0.15) is 30.2 Å². The highest BCUT2D eigenvalue weighted by atomic mass is 35.5. The van der Waals surface area contributed by atoms with Gasteiger partial charge in [-0.3, -0.25) is 0 Å². The van der Waals surface area contributed by atoms with E-state index in [2.05, 4.69) is 18.0 Å². The van der Waals surface area contributed by atoms with Gasteiger partial charge in [0.2, 0.25) is 0 Å². The molecule has 0 N–H and O–H groups in total. The van der Waals surface area contributed by atoms with Crippen LogP contribution in [-0.4, -0.2) is 4.98 Å². The molecule has 0 bridgehead atoms. The van der Waals surface area contributed by atoms with Gasteiger partial charge >= 0.3 is 0 Å². The molecule has 1 aromatic carbocycles. The molecule has 0 fully saturated rings. The Kier molecular flexibility index (Phi) is 3.65. The van der Waals surface area contributed by atoms with Gasteiger partial charge in [0.25, 0.3) is 0 Å². The van der Waals surface area contributed by atoms with Gasteiger partial charge < -0.3 is 0 Å². The van der Waals surface area contributed by atoms with Gasteiger partial charge in [0.15, 0.2) is 0 Å². The molecule has 0 unspecified atom stereocenters. The van der Waals surface area contributed by atoms with E-state index in [-0.39, 0.29) is 11.0 Å². The number of aryl methyl sites for hydroxylation is 1. The third kappa shape index (κ3) is 2.52. The molecule has 2 nitrogen and oxygen atoms in total. The van der Waals surface area contributed by atoms with Crippen molar-refractivity contribution in [1.29, 1.82) is 5.26 Å². The molecule has 0 aliphatic heterocycles. The smallest absolute Gasteiger partial charge is 0.147 e. The Bertz CT molecular complexity index is 749. The average molecular weight is 301 g/mol. The predicted octanol–water partition coefficient (Wildman–Crippen LogP) is 4.54. The van der Waals surface area contributed by atoms with Gasteiger partial charge in [0.1, 0.15) is 17.0 Å². The van der Waals surface area contributed by atoms with Gasteiger partial charge in [-0.15, -0.1) is 0 Å². The van der Waals surface area contributed by atoms with E-state index in [4.69, 9.17) is 11.6 Å². The topological polar surface area (TPSA) is 36.7 Å². The van der Waals surface area contributed by atoms with Crippen molar-refractivity contribution in [1.82, 2.24) is 4.98 Å². The summed E-state index contributed by atoms with van der Waals surface area (Å²) in [6.45, 7) is 2.18. The molecule has 1 heterocycles. The second-order valence-corrected chi connectivity index (χ2v) is 5.91.